The number of nitrogens with zero attached hydrogens (tertiary/aromatic N) is 1. The summed E-state index contributed by atoms with van der Waals surface area (Å²) in [6, 6.07) is 3.24. The molecule has 15 heavy (non-hydrogen) atoms. The standard InChI is InChI=1S/C10H13BrN2O2/c1-2-15-10(14)6-8(12)7-3-4-13-9(11)5-7/h3-5,8H,2,6,12H2,1H3/t8-/m0/s1. The lowest BCUT2D eigenvalue weighted by molar-refractivity contribution is -0.143. The van der Waals surface area contributed by atoms with Crippen LogP contribution < -0.4 is 5.73 Å². The molecule has 1 aromatic rings. The van der Waals surface area contributed by atoms with Crippen molar-refractivity contribution in [2.75, 3.05) is 6.61 Å². The molecule has 0 saturated heterocycles. The van der Waals surface area contributed by atoms with E-state index in [9.17, 15) is 4.79 Å². The number of nitrogens with two attached hydrogens (primary N) is 1. The van der Waals surface area contributed by atoms with Crippen LogP contribution in [0.5, 0.6) is 0 Å². The van der Waals surface area contributed by atoms with Gasteiger partial charge in [-0.1, -0.05) is 0 Å². The van der Waals surface area contributed by atoms with E-state index in [2.05, 4.69) is 20.9 Å². The molecule has 0 aromatic carbocycles. The minimum Gasteiger partial charge on any atom is -0.466 e. The average Bonchev–Trinajstić information content (AvgIpc) is 2.18. The molecule has 0 amide bonds. The third-order valence-electron chi connectivity index (χ3n) is 1.87. The molecule has 0 aliphatic rings. The van der Waals surface area contributed by atoms with Crippen LogP contribution >= 0.6 is 15.9 Å². The molecule has 0 spiro atoms. The van der Waals surface area contributed by atoms with E-state index in [-0.39, 0.29) is 18.4 Å². The van der Waals surface area contributed by atoms with Gasteiger partial charge in [-0.3, -0.25) is 4.79 Å². The van der Waals surface area contributed by atoms with Crippen molar-refractivity contribution in [2.45, 2.75) is 19.4 Å². The molecule has 4 nitrogen and oxygen atoms in total. The number of hydrogen-bond acceptors (Lipinski definition) is 4. The second-order valence-electron chi connectivity index (χ2n) is 3.03. The van der Waals surface area contributed by atoms with Gasteiger partial charge in [-0.05, 0) is 40.5 Å². The second-order valence-corrected chi connectivity index (χ2v) is 3.84. The minimum absolute atomic E-state index is 0.185. The fraction of sp³-hybridized carbons (Fsp3) is 0.400. The van der Waals surface area contributed by atoms with E-state index in [1.807, 2.05) is 0 Å². The zero-order chi connectivity index (χ0) is 11.3. The molecule has 0 aliphatic carbocycles. The van der Waals surface area contributed by atoms with Crippen LogP contribution in [0, 0.1) is 0 Å². The van der Waals surface area contributed by atoms with E-state index in [1.54, 1.807) is 25.3 Å². The summed E-state index contributed by atoms with van der Waals surface area (Å²) in [5.74, 6) is -0.280. The number of pyridine rings is 1. The van der Waals surface area contributed by atoms with Crippen molar-refractivity contribution in [2.24, 2.45) is 5.73 Å². The third-order valence-corrected chi connectivity index (χ3v) is 2.30. The van der Waals surface area contributed by atoms with Gasteiger partial charge >= 0.3 is 5.97 Å². The smallest absolute Gasteiger partial charge is 0.307 e. The first-order chi connectivity index (χ1) is 7.13. The lowest BCUT2D eigenvalue weighted by Crippen LogP contribution is -2.17. The Morgan fingerprint density at radius 3 is 3.07 bits per heavy atom. The van der Waals surface area contributed by atoms with Crippen molar-refractivity contribution in [3.63, 3.8) is 0 Å². The summed E-state index contributed by atoms with van der Waals surface area (Å²) in [7, 11) is 0. The number of hydrogen-bond donors (Lipinski definition) is 1. The summed E-state index contributed by atoms with van der Waals surface area (Å²) in [5, 5.41) is 0. The SMILES string of the molecule is CCOC(=O)C[C@H](N)c1ccnc(Br)c1. The molecule has 0 bridgehead atoms. The van der Waals surface area contributed by atoms with Gasteiger partial charge in [-0.15, -0.1) is 0 Å². The van der Waals surface area contributed by atoms with Crippen LogP contribution in [-0.2, 0) is 9.53 Å². The average molecular weight is 273 g/mol. The predicted octanol–water partition coefficient (Wildman–Crippen LogP) is 1.80. The van der Waals surface area contributed by atoms with Gasteiger partial charge in [0.15, 0.2) is 0 Å². The Morgan fingerprint density at radius 2 is 2.47 bits per heavy atom. The number of ether oxygens (including phenoxy) is 1. The lowest BCUT2D eigenvalue weighted by atomic mass is 10.1. The van der Waals surface area contributed by atoms with Crippen molar-refractivity contribution >= 4 is 21.9 Å². The molecule has 2 N–H and O–H groups in total. The van der Waals surface area contributed by atoms with E-state index in [0.717, 1.165) is 5.56 Å². The first-order valence-electron chi connectivity index (χ1n) is 4.66. The van der Waals surface area contributed by atoms with Gasteiger partial charge < -0.3 is 10.5 Å². The summed E-state index contributed by atoms with van der Waals surface area (Å²) < 4.78 is 5.53. The quantitative estimate of drug-likeness (QED) is 0.671. The van der Waals surface area contributed by atoms with Crippen molar-refractivity contribution in [3.8, 4) is 0 Å². The lowest BCUT2D eigenvalue weighted by Gasteiger charge is -2.10. The van der Waals surface area contributed by atoms with E-state index >= 15 is 0 Å². The summed E-state index contributed by atoms with van der Waals surface area (Å²) in [5.41, 5.74) is 6.71. The highest BCUT2D eigenvalue weighted by molar-refractivity contribution is 9.10. The number of aromatic nitrogens is 1. The highest BCUT2D eigenvalue weighted by Crippen LogP contribution is 2.17. The predicted molar refractivity (Wildman–Crippen MR) is 60.1 cm³/mol. The molecule has 0 unspecified atom stereocenters. The Hall–Kier alpha value is -0.940. The van der Waals surface area contributed by atoms with Crippen LogP contribution in [0.25, 0.3) is 0 Å². The molecule has 1 rings (SSSR count). The molecule has 5 heteroatoms. The van der Waals surface area contributed by atoms with Gasteiger partial charge in [0.2, 0.25) is 0 Å². The molecule has 0 aliphatic heterocycles. The molecular weight excluding hydrogens is 260 g/mol. The maximum atomic E-state index is 11.2. The van der Waals surface area contributed by atoms with Crippen LogP contribution in [0.3, 0.4) is 0 Å². The fourth-order valence-electron chi connectivity index (χ4n) is 1.17. The van der Waals surface area contributed by atoms with Gasteiger partial charge in [-0.2, -0.15) is 0 Å². The van der Waals surface area contributed by atoms with Crippen molar-refractivity contribution in [1.29, 1.82) is 0 Å². The summed E-state index contributed by atoms with van der Waals surface area (Å²) in [6.45, 7) is 2.15. The maximum absolute atomic E-state index is 11.2. The Morgan fingerprint density at radius 1 is 1.73 bits per heavy atom. The monoisotopic (exact) mass is 272 g/mol. The number of rotatable bonds is 4. The van der Waals surface area contributed by atoms with E-state index in [0.29, 0.717) is 11.2 Å². The van der Waals surface area contributed by atoms with E-state index in [1.165, 1.54) is 0 Å². The molecule has 82 valence electrons. The van der Waals surface area contributed by atoms with Crippen molar-refractivity contribution in [1.82, 2.24) is 4.98 Å². The summed E-state index contributed by atoms with van der Waals surface area (Å²) >= 11 is 3.24. The summed E-state index contributed by atoms with van der Waals surface area (Å²) in [4.78, 5) is 15.2. The Labute approximate surface area is 97.0 Å². The molecule has 0 radical (unpaired) electrons. The first-order valence-corrected chi connectivity index (χ1v) is 5.45. The highest BCUT2D eigenvalue weighted by atomic mass is 79.9. The largest absolute Gasteiger partial charge is 0.466 e. The fourth-order valence-corrected chi connectivity index (χ4v) is 1.55. The van der Waals surface area contributed by atoms with Gasteiger partial charge in [0.05, 0.1) is 13.0 Å². The summed E-state index contributed by atoms with van der Waals surface area (Å²) in [6.07, 6.45) is 1.83. The molecular formula is C10H13BrN2O2. The van der Waals surface area contributed by atoms with Crippen LogP contribution in [0.15, 0.2) is 22.9 Å². The number of halogens is 1. The van der Waals surface area contributed by atoms with Crippen molar-refractivity contribution in [3.05, 3.63) is 28.5 Å². The Kier molecular flexibility index (Phi) is 4.71. The van der Waals surface area contributed by atoms with Crippen LogP contribution in [0.1, 0.15) is 24.9 Å². The van der Waals surface area contributed by atoms with Gasteiger partial charge in [0.25, 0.3) is 0 Å². The van der Waals surface area contributed by atoms with Gasteiger partial charge in [0.1, 0.15) is 4.60 Å². The Bertz CT molecular complexity index is 344. The second kappa shape index (κ2) is 5.82. The zero-order valence-corrected chi connectivity index (χ0v) is 10.0. The number of carbonyl (C=O) groups is 1. The van der Waals surface area contributed by atoms with Crippen LogP contribution in [0.2, 0.25) is 0 Å². The number of esters is 1. The molecule has 1 aromatic heterocycles. The molecule has 1 atom stereocenters. The molecule has 0 fully saturated rings. The topological polar surface area (TPSA) is 65.2 Å². The Balaban J connectivity index is 2.60. The zero-order valence-electron chi connectivity index (χ0n) is 8.44. The van der Waals surface area contributed by atoms with E-state index in [4.69, 9.17) is 10.5 Å². The molecule has 1 heterocycles. The van der Waals surface area contributed by atoms with Gasteiger partial charge in [-0.25, -0.2) is 4.98 Å². The van der Waals surface area contributed by atoms with Crippen LogP contribution in [0.4, 0.5) is 0 Å². The first kappa shape index (κ1) is 12.1. The maximum Gasteiger partial charge on any atom is 0.307 e. The number of carbonyl (C=O) groups excluding carboxylic acids is 1. The van der Waals surface area contributed by atoms with Crippen LogP contribution in [-0.4, -0.2) is 17.6 Å². The highest BCUT2D eigenvalue weighted by Gasteiger charge is 2.12. The normalized spacial score (nSPS) is 12.2. The minimum atomic E-state index is -0.344. The van der Waals surface area contributed by atoms with Crippen molar-refractivity contribution < 1.29 is 9.53 Å². The van der Waals surface area contributed by atoms with E-state index < -0.39 is 0 Å². The molecule has 0 saturated carbocycles. The van der Waals surface area contributed by atoms with Gasteiger partial charge in [0, 0.05) is 12.2 Å². The third kappa shape index (κ3) is 3.97.